The van der Waals surface area contributed by atoms with Gasteiger partial charge in [0.2, 0.25) is 0 Å². The van der Waals surface area contributed by atoms with Crippen molar-refractivity contribution in [2.75, 3.05) is 0 Å². The molecule has 6 rings (SSSR count). The fourth-order valence-electron chi connectivity index (χ4n) is 6.50. The highest BCUT2D eigenvalue weighted by Crippen LogP contribution is 2.47. The molecule has 2 aliphatic carbocycles. The number of hydrogen-bond donors (Lipinski definition) is 0. The van der Waals surface area contributed by atoms with E-state index in [0.29, 0.717) is 29.9 Å². The second-order valence-corrected chi connectivity index (χ2v) is 11.2. The van der Waals surface area contributed by atoms with Gasteiger partial charge in [-0.05, 0) is 80.3 Å². The predicted molar refractivity (Wildman–Crippen MR) is 156 cm³/mol. The summed E-state index contributed by atoms with van der Waals surface area (Å²) in [5.41, 5.74) is 4.17. The van der Waals surface area contributed by atoms with Gasteiger partial charge in [0.1, 0.15) is 23.5 Å². The highest BCUT2D eigenvalue weighted by molar-refractivity contribution is 6.09. The number of benzene rings is 3. The van der Waals surface area contributed by atoms with Crippen molar-refractivity contribution in [2.24, 2.45) is 10.9 Å². The number of para-hydroxylation sites is 1. The summed E-state index contributed by atoms with van der Waals surface area (Å²) in [7, 11) is 0. The molecule has 3 aromatic carbocycles. The van der Waals surface area contributed by atoms with E-state index in [-0.39, 0.29) is 23.8 Å². The molecule has 5 heteroatoms. The summed E-state index contributed by atoms with van der Waals surface area (Å²) in [6.07, 6.45) is 6.13. The third-order valence-electron chi connectivity index (χ3n) is 8.44. The maximum atomic E-state index is 13.9. The van der Waals surface area contributed by atoms with Crippen LogP contribution < -0.4 is 4.74 Å². The molecular formula is C35H35NO4. The van der Waals surface area contributed by atoms with Gasteiger partial charge in [0.15, 0.2) is 5.78 Å². The molecule has 0 amide bonds. The highest BCUT2D eigenvalue weighted by Gasteiger charge is 2.45. The van der Waals surface area contributed by atoms with Crippen molar-refractivity contribution in [3.05, 3.63) is 107 Å². The molecule has 0 radical (unpaired) electrons. The van der Waals surface area contributed by atoms with Crippen LogP contribution in [0.2, 0.25) is 0 Å². The van der Waals surface area contributed by atoms with E-state index in [1.807, 2.05) is 79.7 Å². The zero-order chi connectivity index (χ0) is 27.5. The molecule has 5 nitrogen and oxygen atoms in total. The number of aliphatic imine (C=N–C) groups is 1. The van der Waals surface area contributed by atoms with E-state index in [0.717, 1.165) is 48.3 Å². The Balaban J connectivity index is 1.38. The average molecular weight is 534 g/mol. The lowest BCUT2D eigenvalue weighted by Gasteiger charge is -2.37. The average Bonchev–Trinajstić information content (AvgIpc) is 2.98. The first-order valence-electron chi connectivity index (χ1n) is 14.5. The Kier molecular flexibility index (Phi) is 7.63. The van der Waals surface area contributed by atoms with E-state index in [4.69, 9.17) is 14.5 Å². The molecule has 0 bridgehead atoms. The molecule has 0 aromatic heterocycles. The number of ether oxygens (including phenoxy) is 2. The number of rotatable bonds is 6. The Hall–Kier alpha value is -3.99. The molecule has 0 N–H and O–H groups in total. The first-order valence-corrected chi connectivity index (χ1v) is 14.5. The van der Waals surface area contributed by atoms with Gasteiger partial charge in [-0.15, -0.1) is 0 Å². The first kappa shape index (κ1) is 26.2. The van der Waals surface area contributed by atoms with Crippen molar-refractivity contribution < 1.29 is 19.1 Å². The van der Waals surface area contributed by atoms with Crippen LogP contribution in [0.1, 0.15) is 74.8 Å². The van der Waals surface area contributed by atoms with Crippen LogP contribution in [0, 0.1) is 5.92 Å². The molecule has 3 atom stereocenters. The Labute approximate surface area is 235 Å². The Bertz CT molecular complexity index is 1440. The van der Waals surface area contributed by atoms with Gasteiger partial charge in [-0.3, -0.25) is 14.6 Å². The number of nitrogens with zero attached hydrogens (tertiary/aromatic N) is 1. The van der Waals surface area contributed by atoms with E-state index >= 15 is 0 Å². The van der Waals surface area contributed by atoms with Crippen LogP contribution in [0.15, 0.2) is 101 Å². The summed E-state index contributed by atoms with van der Waals surface area (Å²) in [5.74, 6) is 0.128. The third kappa shape index (κ3) is 5.51. The molecule has 1 unspecified atom stereocenters. The molecule has 3 aliphatic rings. The Morgan fingerprint density at radius 3 is 2.23 bits per heavy atom. The number of allylic oxidation sites excluding steroid dienone is 2. The van der Waals surface area contributed by atoms with Gasteiger partial charge < -0.3 is 9.47 Å². The standard InChI is InChI=1S/C35H35NO4/c1-23-32(35(38)40-28-17-9-4-10-18-28)33(25-14-11-19-29(20-25)39-27-15-7-3-8-16-27)34-30(36-23)21-26(22-31(34)37)24-12-5-2-6-13-24/h2-3,5-8,11-16,19-20,26,28,32-33H,4,9-10,17-18,21-22H2,1H3/t26-,32?,33-/m0/s1. The van der Waals surface area contributed by atoms with Crippen LogP contribution in [0.3, 0.4) is 0 Å². The van der Waals surface area contributed by atoms with Gasteiger partial charge in [-0.1, -0.05) is 67.1 Å². The number of ketones is 1. The SMILES string of the molecule is CC1=NC2=C(C(=O)C[C@@H](c3ccccc3)C2)[C@@H](c2cccc(Oc3ccccc3)c2)C1C(=O)OC1CCCCC1. The summed E-state index contributed by atoms with van der Waals surface area (Å²) < 4.78 is 12.2. The van der Waals surface area contributed by atoms with Crippen molar-refractivity contribution in [3.63, 3.8) is 0 Å². The van der Waals surface area contributed by atoms with Crippen molar-refractivity contribution in [1.29, 1.82) is 0 Å². The predicted octanol–water partition coefficient (Wildman–Crippen LogP) is 7.93. The fourth-order valence-corrected chi connectivity index (χ4v) is 6.50. The van der Waals surface area contributed by atoms with Crippen LogP contribution in [0.4, 0.5) is 0 Å². The third-order valence-corrected chi connectivity index (χ3v) is 8.44. The minimum Gasteiger partial charge on any atom is -0.462 e. The number of hydrogen-bond acceptors (Lipinski definition) is 5. The molecule has 3 aromatic rings. The van der Waals surface area contributed by atoms with E-state index in [2.05, 4.69) is 12.1 Å². The van der Waals surface area contributed by atoms with E-state index < -0.39 is 11.8 Å². The molecule has 0 saturated heterocycles. The first-order chi connectivity index (χ1) is 19.6. The van der Waals surface area contributed by atoms with Crippen molar-refractivity contribution >= 4 is 17.5 Å². The number of Topliss-reactive ketones (excluding diaryl/α,β-unsaturated/α-hetero) is 1. The molecule has 40 heavy (non-hydrogen) atoms. The zero-order valence-corrected chi connectivity index (χ0v) is 22.9. The molecule has 1 saturated carbocycles. The lowest BCUT2D eigenvalue weighted by molar-refractivity contribution is -0.153. The van der Waals surface area contributed by atoms with Crippen LogP contribution >= 0.6 is 0 Å². The van der Waals surface area contributed by atoms with Crippen LogP contribution in [0.25, 0.3) is 0 Å². The molecule has 1 aliphatic heterocycles. The topological polar surface area (TPSA) is 65.0 Å². The highest BCUT2D eigenvalue weighted by atomic mass is 16.5. The van der Waals surface area contributed by atoms with Gasteiger partial charge in [0.25, 0.3) is 0 Å². The van der Waals surface area contributed by atoms with Gasteiger partial charge in [-0.2, -0.15) is 0 Å². The van der Waals surface area contributed by atoms with Crippen LogP contribution in [0.5, 0.6) is 11.5 Å². The lowest BCUT2D eigenvalue weighted by Crippen LogP contribution is -2.39. The van der Waals surface area contributed by atoms with Crippen molar-refractivity contribution in [3.8, 4) is 11.5 Å². The normalized spacial score (nSPS) is 23.3. The fraction of sp³-hybridized carbons (Fsp3) is 0.343. The molecule has 1 heterocycles. The summed E-state index contributed by atoms with van der Waals surface area (Å²) in [6, 6.07) is 27.6. The van der Waals surface area contributed by atoms with Gasteiger partial charge in [0, 0.05) is 29.3 Å². The van der Waals surface area contributed by atoms with Gasteiger partial charge in [0.05, 0.1) is 0 Å². The quantitative estimate of drug-likeness (QED) is 0.302. The van der Waals surface area contributed by atoms with Gasteiger partial charge >= 0.3 is 5.97 Å². The van der Waals surface area contributed by atoms with E-state index in [9.17, 15) is 9.59 Å². The molecule has 204 valence electrons. The Morgan fingerprint density at radius 1 is 0.800 bits per heavy atom. The lowest BCUT2D eigenvalue weighted by atomic mass is 9.69. The second-order valence-electron chi connectivity index (χ2n) is 11.2. The minimum atomic E-state index is -0.648. The van der Waals surface area contributed by atoms with Crippen LogP contribution in [-0.2, 0) is 14.3 Å². The van der Waals surface area contributed by atoms with Crippen molar-refractivity contribution in [2.45, 2.75) is 69.8 Å². The van der Waals surface area contributed by atoms with Crippen LogP contribution in [-0.4, -0.2) is 23.6 Å². The second kappa shape index (κ2) is 11.6. The zero-order valence-electron chi connectivity index (χ0n) is 22.9. The maximum Gasteiger partial charge on any atom is 0.315 e. The summed E-state index contributed by atoms with van der Waals surface area (Å²) in [6.45, 7) is 1.91. The van der Waals surface area contributed by atoms with Crippen molar-refractivity contribution in [1.82, 2.24) is 0 Å². The number of esters is 1. The number of carbonyl (C=O) groups excluding carboxylic acids is 2. The van der Waals surface area contributed by atoms with Gasteiger partial charge in [-0.25, -0.2) is 0 Å². The monoisotopic (exact) mass is 533 g/mol. The summed E-state index contributed by atoms with van der Waals surface area (Å²) >= 11 is 0. The van der Waals surface area contributed by atoms with E-state index in [1.165, 1.54) is 6.42 Å². The minimum absolute atomic E-state index is 0.0567. The van der Waals surface area contributed by atoms with E-state index in [1.54, 1.807) is 0 Å². The summed E-state index contributed by atoms with van der Waals surface area (Å²) in [4.78, 5) is 32.7. The molecule has 0 spiro atoms. The number of carbonyl (C=O) groups is 2. The Morgan fingerprint density at radius 2 is 1.48 bits per heavy atom. The largest absolute Gasteiger partial charge is 0.462 e. The maximum absolute atomic E-state index is 13.9. The molecule has 1 fully saturated rings. The summed E-state index contributed by atoms with van der Waals surface area (Å²) in [5, 5.41) is 0. The smallest absolute Gasteiger partial charge is 0.315 e. The molecular weight excluding hydrogens is 498 g/mol.